The first-order chi connectivity index (χ1) is 19.0. The van der Waals surface area contributed by atoms with Crippen molar-refractivity contribution in [1.29, 1.82) is 0 Å². The highest BCUT2D eigenvalue weighted by atomic mass is 14.8. The van der Waals surface area contributed by atoms with E-state index in [2.05, 4.69) is 136 Å². The van der Waals surface area contributed by atoms with Gasteiger partial charge in [0, 0.05) is 16.0 Å². The maximum atomic E-state index is 5.40. The molecule has 1 heteroatoms. The standard InChI is InChI=1S/C38H31N/c1-25-13-14-28(15-16-29-11-7-8-12-33(25)29)31-18-17-30-19-20-34-26(2)38(3)22-21-32(27-9-5-4-6-10-27)24-36(38)39-37(34)35(30)23-31/h4-15,17-21,23-24H,1,16,22H2,2-3H3/b14-13-,28-15+. The largest absolute Gasteiger partial charge is 0.251 e. The van der Waals surface area contributed by atoms with Crippen LogP contribution >= 0.6 is 0 Å². The van der Waals surface area contributed by atoms with Gasteiger partial charge in [0.2, 0.25) is 0 Å². The van der Waals surface area contributed by atoms with E-state index in [1.165, 1.54) is 55.0 Å². The number of nitrogens with zero attached hydrogens (tertiary/aromatic N) is 1. The second-order valence-electron chi connectivity index (χ2n) is 11.1. The molecule has 0 saturated heterocycles. The first kappa shape index (κ1) is 23.6. The van der Waals surface area contributed by atoms with Gasteiger partial charge in [0.05, 0.1) is 11.1 Å². The van der Waals surface area contributed by atoms with E-state index >= 15 is 0 Å². The first-order valence-electron chi connectivity index (χ1n) is 13.8. The molecule has 188 valence electrons. The minimum Gasteiger partial charge on any atom is -0.251 e. The summed E-state index contributed by atoms with van der Waals surface area (Å²) >= 11 is 0. The third kappa shape index (κ3) is 3.89. The number of hydrogen-bond acceptors (Lipinski definition) is 1. The van der Waals surface area contributed by atoms with E-state index in [1.807, 2.05) is 0 Å². The van der Waals surface area contributed by atoms with Crippen LogP contribution in [0.5, 0.6) is 0 Å². The average molecular weight is 502 g/mol. The second kappa shape index (κ2) is 9.06. The molecule has 1 unspecified atom stereocenters. The molecule has 4 aromatic carbocycles. The Labute approximate surface area is 230 Å². The van der Waals surface area contributed by atoms with Crippen LogP contribution in [0.2, 0.25) is 0 Å². The lowest BCUT2D eigenvalue weighted by Gasteiger charge is -2.36. The SMILES string of the molecule is C=C1/C=C\C(c2ccc3ccc4c(c3c2)=NC2=CC(c3ccccc3)=CCC2(C)C=4C)=C/Cc2ccccc21. The van der Waals surface area contributed by atoms with Gasteiger partial charge in [0.25, 0.3) is 0 Å². The van der Waals surface area contributed by atoms with Crippen molar-refractivity contribution in [3.8, 4) is 0 Å². The molecular formula is C38H31N. The molecule has 1 nitrogen and oxygen atoms in total. The van der Waals surface area contributed by atoms with Crippen LogP contribution in [0, 0.1) is 5.41 Å². The molecule has 39 heavy (non-hydrogen) atoms. The summed E-state index contributed by atoms with van der Waals surface area (Å²) in [7, 11) is 0. The molecule has 0 bridgehead atoms. The maximum Gasteiger partial charge on any atom is 0.0783 e. The summed E-state index contributed by atoms with van der Waals surface area (Å²) in [5, 5.41) is 4.78. The van der Waals surface area contributed by atoms with Gasteiger partial charge in [-0.15, -0.1) is 0 Å². The van der Waals surface area contributed by atoms with Crippen LogP contribution in [-0.2, 0) is 6.42 Å². The molecule has 4 aromatic rings. The van der Waals surface area contributed by atoms with Gasteiger partial charge in [0.1, 0.15) is 0 Å². The molecule has 0 saturated carbocycles. The van der Waals surface area contributed by atoms with Crippen LogP contribution in [0.4, 0.5) is 0 Å². The van der Waals surface area contributed by atoms with E-state index < -0.39 is 0 Å². The normalized spacial score (nSPS) is 22.2. The minimum atomic E-state index is -0.0882. The molecule has 1 atom stereocenters. The second-order valence-corrected chi connectivity index (χ2v) is 11.1. The van der Waals surface area contributed by atoms with Crippen molar-refractivity contribution in [3.63, 3.8) is 0 Å². The Balaban J connectivity index is 1.39. The lowest BCUT2D eigenvalue weighted by molar-refractivity contribution is 0.515. The smallest absolute Gasteiger partial charge is 0.0783 e. The Morgan fingerprint density at radius 3 is 2.46 bits per heavy atom. The summed E-state index contributed by atoms with van der Waals surface area (Å²) in [4.78, 5) is 5.40. The van der Waals surface area contributed by atoms with Crippen molar-refractivity contribution in [1.82, 2.24) is 0 Å². The average Bonchev–Trinajstić information content (AvgIpc) is 2.97. The zero-order chi connectivity index (χ0) is 26.6. The lowest BCUT2D eigenvalue weighted by Crippen LogP contribution is -2.39. The number of benzene rings is 4. The minimum absolute atomic E-state index is 0.0882. The Morgan fingerprint density at radius 1 is 0.795 bits per heavy atom. The molecule has 0 spiro atoms. The molecule has 1 heterocycles. The van der Waals surface area contributed by atoms with E-state index in [-0.39, 0.29) is 5.41 Å². The quantitative estimate of drug-likeness (QED) is 0.262. The van der Waals surface area contributed by atoms with Crippen LogP contribution in [0.15, 0.2) is 133 Å². The van der Waals surface area contributed by atoms with Gasteiger partial charge in [-0.3, -0.25) is 4.99 Å². The van der Waals surface area contributed by atoms with Crippen molar-refractivity contribution < 1.29 is 0 Å². The Hall–Kier alpha value is -4.49. The van der Waals surface area contributed by atoms with Crippen LogP contribution in [0.3, 0.4) is 0 Å². The van der Waals surface area contributed by atoms with E-state index in [4.69, 9.17) is 4.99 Å². The third-order valence-electron chi connectivity index (χ3n) is 8.85. The van der Waals surface area contributed by atoms with Crippen LogP contribution in [0.1, 0.15) is 42.5 Å². The van der Waals surface area contributed by atoms with E-state index in [0.29, 0.717) is 0 Å². The first-order valence-corrected chi connectivity index (χ1v) is 13.8. The molecule has 2 aliphatic carbocycles. The highest BCUT2D eigenvalue weighted by Gasteiger charge is 2.35. The summed E-state index contributed by atoms with van der Waals surface area (Å²) in [6.45, 7) is 8.97. The predicted octanol–water partition coefficient (Wildman–Crippen LogP) is 8.23. The third-order valence-corrected chi connectivity index (χ3v) is 8.85. The van der Waals surface area contributed by atoms with Gasteiger partial charge in [-0.05, 0) is 83.2 Å². The predicted molar refractivity (Wildman–Crippen MR) is 165 cm³/mol. The lowest BCUT2D eigenvalue weighted by atomic mass is 9.71. The Morgan fingerprint density at radius 2 is 1.59 bits per heavy atom. The zero-order valence-corrected chi connectivity index (χ0v) is 22.5. The molecular weight excluding hydrogens is 470 g/mol. The van der Waals surface area contributed by atoms with Gasteiger partial charge in [-0.1, -0.05) is 115 Å². The monoisotopic (exact) mass is 501 g/mol. The number of hydrogen-bond donors (Lipinski definition) is 0. The zero-order valence-electron chi connectivity index (χ0n) is 22.5. The Bertz CT molecular complexity index is 1930. The maximum absolute atomic E-state index is 5.40. The summed E-state index contributed by atoms with van der Waals surface area (Å²) in [5.41, 5.74) is 11.0. The number of allylic oxidation sites excluding steroid dienone is 9. The van der Waals surface area contributed by atoms with Gasteiger partial charge < -0.3 is 0 Å². The van der Waals surface area contributed by atoms with Crippen molar-refractivity contribution >= 4 is 33.1 Å². The van der Waals surface area contributed by atoms with E-state index in [0.717, 1.165) is 29.5 Å². The molecule has 0 radical (unpaired) electrons. The molecule has 7 rings (SSSR count). The Kier molecular flexibility index (Phi) is 5.49. The van der Waals surface area contributed by atoms with Crippen molar-refractivity contribution in [2.75, 3.05) is 0 Å². The molecule has 1 aliphatic heterocycles. The molecule has 0 aromatic heterocycles. The number of fused-ring (bicyclic) bond motifs is 5. The van der Waals surface area contributed by atoms with Crippen molar-refractivity contribution in [2.24, 2.45) is 10.4 Å². The highest BCUT2D eigenvalue weighted by molar-refractivity contribution is 5.90. The van der Waals surface area contributed by atoms with Crippen LogP contribution in [0.25, 0.3) is 33.1 Å². The highest BCUT2D eigenvalue weighted by Crippen LogP contribution is 2.45. The summed E-state index contributed by atoms with van der Waals surface area (Å²) < 4.78 is 0. The van der Waals surface area contributed by atoms with Gasteiger partial charge in [-0.2, -0.15) is 0 Å². The van der Waals surface area contributed by atoms with Crippen LogP contribution in [-0.4, -0.2) is 0 Å². The summed E-state index contributed by atoms with van der Waals surface area (Å²) in [6.07, 6.45) is 13.2. The van der Waals surface area contributed by atoms with Gasteiger partial charge in [-0.25, -0.2) is 0 Å². The number of rotatable bonds is 2. The van der Waals surface area contributed by atoms with Crippen molar-refractivity contribution in [2.45, 2.75) is 26.7 Å². The molecule has 0 amide bonds. The fraction of sp³-hybridized carbons (Fsp3) is 0.132. The molecule has 0 fully saturated rings. The van der Waals surface area contributed by atoms with E-state index in [1.54, 1.807) is 0 Å². The topological polar surface area (TPSA) is 12.4 Å². The van der Waals surface area contributed by atoms with Gasteiger partial charge in [0.15, 0.2) is 0 Å². The fourth-order valence-corrected chi connectivity index (χ4v) is 6.23. The van der Waals surface area contributed by atoms with Crippen LogP contribution < -0.4 is 10.6 Å². The van der Waals surface area contributed by atoms with E-state index in [9.17, 15) is 0 Å². The molecule has 3 aliphatic rings. The summed E-state index contributed by atoms with van der Waals surface area (Å²) in [6, 6.07) is 30.5. The molecule has 0 N–H and O–H groups in total. The summed E-state index contributed by atoms with van der Waals surface area (Å²) in [5.74, 6) is 0. The van der Waals surface area contributed by atoms with Gasteiger partial charge >= 0.3 is 0 Å². The van der Waals surface area contributed by atoms with Crippen molar-refractivity contribution in [3.05, 3.63) is 160 Å². The fourth-order valence-electron chi connectivity index (χ4n) is 6.23.